The van der Waals surface area contributed by atoms with Gasteiger partial charge in [0.25, 0.3) is 0 Å². The Hall–Kier alpha value is -0.960. The maximum atomic E-state index is 8.72. The van der Waals surface area contributed by atoms with Crippen LogP contribution in [-0.4, -0.2) is 22.9 Å². The highest BCUT2D eigenvalue weighted by atomic mass is 16.3. The van der Waals surface area contributed by atoms with E-state index >= 15 is 0 Å². The van der Waals surface area contributed by atoms with E-state index in [0.717, 1.165) is 19.3 Å². The molecule has 0 spiro atoms. The molecule has 2 nitrogen and oxygen atoms in total. The van der Waals surface area contributed by atoms with Crippen LogP contribution < -0.4 is 0 Å². The summed E-state index contributed by atoms with van der Waals surface area (Å²) in [7, 11) is 0. The van der Waals surface area contributed by atoms with Crippen molar-refractivity contribution in [2.45, 2.75) is 32.3 Å². The van der Waals surface area contributed by atoms with Crippen molar-refractivity contribution in [3.63, 3.8) is 0 Å². The van der Waals surface area contributed by atoms with Crippen molar-refractivity contribution in [2.24, 2.45) is 0 Å². The minimum absolute atomic E-state index is 0.223. The largest absolute Gasteiger partial charge is 0.396 e. The number of rotatable bonds is 3. The average molecular weight is 166 g/mol. The second-order valence-corrected chi connectivity index (χ2v) is 2.43. The molecule has 66 valence electrons. The second kappa shape index (κ2) is 8.14. The summed E-state index contributed by atoms with van der Waals surface area (Å²) < 4.78 is 0. The highest BCUT2D eigenvalue weighted by Crippen LogP contribution is 1.90. The van der Waals surface area contributed by atoms with Crippen LogP contribution in [-0.2, 0) is 0 Å². The van der Waals surface area contributed by atoms with E-state index in [0.29, 0.717) is 0 Å². The van der Waals surface area contributed by atoms with Gasteiger partial charge in [-0.1, -0.05) is 11.8 Å². The first-order chi connectivity index (χ1) is 5.77. The van der Waals surface area contributed by atoms with Crippen LogP contribution in [0.4, 0.5) is 0 Å². The molecule has 0 aliphatic heterocycles. The Labute approximate surface area is 73.6 Å². The van der Waals surface area contributed by atoms with Gasteiger partial charge in [-0.2, -0.15) is 0 Å². The molecule has 2 N–H and O–H groups in total. The van der Waals surface area contributed by atoms with Crippen molar-refractivity contribution in [3.8, 4) is 23.7 Å². The second-order valence-electron chi connectivity index (χ2n) is 2.43. The summed E-state index contributed by atoms with van der Waals surface area (Å²) in [6.07, 6.45) is 1.85. The third-order valence-electron chi connectivity index (χ3n) is 1.14. The van der Waals surface area contributed by atoms with E-state index in [-0.39, 0.29) is 6.61 Å². The van der Waals surface area contributed by atoms with Crippen LogP contribution in [0, 0.1) is 23.7 Å². The Morgan fingerprint density at radius 3 is 2.58 bits per heavy atom. The lowest BCUT2D eigenvalue weighted by atomic mass is 10.2. The minimum atomic E-state index is -0.600. The summed E-state index contributed by atoms with van der Waals surface area (Å²) in [5.41, 5.74) is 0. The van der Waals surface area contributed by atoms with Crippen molar-refractivity contribution in [1.82, 2.24) is 0 Å². The Balaban J connectivity index is 3.42. The van der Waals surface area contributed by atoms with Crippen LogP contribution in [0.5, 0.6) is 0 Å². The molecule has 1 unspecified atom stereocenters. The van der Waals surface area contributed by atoms with Gasteiger partial charge in [-0.15, -0.1) is 0 Å². The fraction of sp³-hybridized carbons (Fsp3) is 0.600. The van der Waals surface area contributed by atoms with Crippen LogP contribution in [0.25, 0.3) is 0 Å². The first-order valence-electron chi connectivity index (χ1n) is 4.04. The van der Waals surface area contributed by atoms with Gasteiger partial charge >= 0.3 is 0 Å². The Morgan fingerprint density at radius 1 is 1.25 bits per heavy atom. The van der Waals surface area contributed by atoms with Crippen molar-refractivity contribution in [1.29, 1.82) is 0 Å². The zero-order chi connectivity index (χ0) is 9.23. The maximum absolute atomic E-state index is 8.72. The molecule has 12 heavy (non-hydrogen) atoms. The molecule has 0 aromatic heterocycles. The molecule has 0 saturated heterocycles. The highest BCUT2D eigenvalue weighted by molar-refractivity contribution is 5.26. The molecule has 0 aromatic carbocycles. The SMILES string of the molecule is CC(O)C#CC#CCCCCO. The normalized spacial score (nSPS) is 10.6. The number of aliphatic hydroxyl groups is 2. The van der Waals surface area contributed by atoms with Crippen LogP contribution in [0.1, 0.15) is 26.2 Å². The highest BCUT2D eigenvalue weighted by Gasteiger charge is 1.81. The van der Waals surface area contributed by atoms with Crippen LogP contribution >= 0.6 is 0 Å². The van der Waals surface area contributed by atoms with E-state index in [1.165, 1.54) is 0 Å². The van der Waals surface area contributed by atoms with E-state index in [9.17, 15) is 0 Å². The van der Waals surface area contributed by atoms with Gasteiger partial charge < -0.3 is 10.2 Å². The van der Waals surface area contributed by atoms with Crippen molar-refractivity contribution in [2.75, 3.05) is 6.61 Å². The molecule has 0 aromatic rings. The third-order valence-corrected chi connectivity index (χ3v) is 1.14. The van der Waals surface area contributed by atoms with Crippen LogP contribution in [0.2, 0.25) is 0 Å². The first kappa shape index (κ1) is 11.0. The predicted octanol–water partition coefficient (Wildman–Crippen LogP) is 0.537. The molecule has 0 heterocycles. The molecule has 0 bridgehead atoms. The number of aliphatic hydroxyl groups excluding tert-OH is 2. The summed E-state index contributed by atoms with van der Waals surface area (Å²) in [5, 5.41) is 17.2. The summed E-state index contributed by atoms with van der Waals surface area (Å²) in [6, 6.07) is 0. The molecular weight excluding hydrogens is 152 g/mol. The molecule has 0 saturated carbocycles. The Morgan fingerprint density at radius 2 is 2.00 bits per heavy atom. The molecule has 0 radical (unpaired) electrons. The molecular formula is C10H14O2. The maximum Gasteiger partial charge on any atom is 0.112 e. The van der Waals surface area contributed by atoms with Gasteiger partial charge in [0, 0.05) is 13.0 Å². The number of hydrogen-bond donors (Lipinski definition) is 2. The summed E-state index contributed by atoms with van der Waals surface area (Å²) in [4.78, 5) is 0. The van der Waals surface area contributed by atoms with Crippen molar-refractivity contribution >= 4 is 0 Å². The molecule has 0 fully saturated rings. The van der Waals surface area contributed by atoms with Crippen LogP contribution in [0.15, 0.2) is 0 Å². The minimum Gasteiger partial charge on any atom is -0.396 e. The van der Waals surface area contributed by atoms with Gasteiger partial charge in [0.2, 0.25) is 0 Å². The fourth-order valence-corrected chi connectivity index (χ4v) is 0.572. The predicted molar refractivity (Wildman–Crippen MR) is 48.2 cm³/mol. The van der Waals surface area contributed by atoms with E-state index in [1.54, 1.807) is 6.92 Å². The van der Waals surface area contributed by atoms with Crippen molar-refractivity contribution in [3.05, 3.63) is 0 Å². The van der Waals surface area contributed by atoms with Gasteiger partial charge in [0.15, 0.2) is 0 Å². The molecule has 0 aliphatic rings. The lowest BCUT2D eigenvalue weighted by Gasteiger charge is -1.86. The van der Waals surface area contributed by atoms with Gasteiger partial charge in [0.05, 0.1) is 0 Å². The summed E-state index contributed by atoms with van der Waals surface area (Å²) >= 11 is 0. The van der Waals surface area contributed by atoms with Gasteiger partial charge in [-0.05, 0) is 31.6 Å². The van der Waals surface area contributed by atoms with E-state index in [4.69, 9.17) is 10.2 Å². The zero-order valence-corrected chi connectivity index (χ0v) is 7.30. The van der Waals surface area contributed by atoms with E-state index < -0.39 is 6.10 Å². The fourth-order valence-electron chi connectivity index (χ4n) is 0.572. The molecule has 2 heteroatoms. The standard InChI is InChI=1S/C10H14O2/c1-10(12)8-6-4-2-3-5-7-9-11/h10-12H,3,5,7,9H2,1H3. The summed E-state index contributed by atoms with van der Waals surface area (Å²) in [5.74, 6) is 10.5. The van der Waals surface area contributed by atoms with Crippen molar-refractivity contribution < 1.29 is 10.2 Å². The monoisotopic (exact) mass is 166 g/mol. The topological polar surface area (TPSA) is 40.5 Å². The molecule has 0 aliphatic carbocycles. The first-order valence-corrected chi connectivity index (χ1v) is 4.04. The van der Waals surface area contributed by atoms with Gasteiger partial charge in [0.1, 0.15) is 6.10 Å². The molecule has 0 rings (SSSR count). The van der Waals surface area contributed by atoms with E-state index in [2.05, 4.69) is 23.7 Å². The molecule has 0 amide bonds. The number of unbranched alkanes of at least 4 members (excludes halogenated alkanes) is 2. The third kappa shape index (κ3) is 9.04. The Kier molecular flexibility index (Phi) is 7.49. The quantitative estimate of drug-likeness (QED) is 0.474. The average Bonchev–Trinajstić information content (AvgIpc) is 2.02. The summed E-state index contributed by atoms with van der Waals surface area (Å²) in [6.45, 7) is 1.82. The lowest BCUT2D eigenvalue weighted by molar-refractivity contribution is 0.253. The lowest BCUT2D eigenvalue weighted by Crippen LogP contribution is -1.91. The van der Waals surface area contributed by atoms with Gasteiger partial charge in [-0.3, -0.25) is 0 Å². The Bertz CT molecular complexity index is 209. The smallest absolute Gasteiger partial charge is 0.112 e. The molecule has 1 atom stereocenters. The van der Waals surface area contributed by atoms with E-state index in [1.807, 2.05) is 0 Å². The van der Waals surface area contributed by atoms with Crippen LogP contribution in [0.3, 0.4) is 0 Å². The number of hydrogen-bond acceptors (Lipinski definition) is 2. The zero-order valence-electron chi connectivity index (χ0n) is 7.30. The van der Waals surface area contributed by atoms with Gasteiger partial charge in [-0.25, -0.2) is 0 Å².